The largest absolute Gasteiger partial charge is 0.486 e. The van der Waals surface area contributed by atoms with Crippen LogP contribution in [0.3, 0.4) is 0 Å². The molecule has 1 fully saturated rings. The molecule has 4 rings (SSSR count). The summed E-state index contributed by atoms with van der Waals surface area (Å²) in [4.78, 5) is 4.89. The van der Waals surface area contributed by atoms with Crippen molar-refractivity contribution in [3.8, 4) is 11.5 Å². The number of anilines is 1. The highest BCUT2D eigenvalue weighted by Gasteiger charge is 2.25. The molecule has 0 spiro atoms. The molecule has 5 nitrogen and oxygen atoms in total. The Labute approximate surface area is 179 Å². The van der Waals surface area contributed by atoms with Crippen LogP contribution in [0.4, 0.5) is 5.69 Å². The molecule has 0 saturated carbocycles. The molecule has 1 N–H and O–H groups in total. The molecule has 2 unspecified atom stereocenters. The maximum Gasteiger partial charge on any atom is 0.184 e. The first kappa shape index (κ1) is 20.8. The van der Waals surface area contributed by atoms with E-state index in [4.69, 9.17) is 9.47 Å². The molecular formula is C25H32N2O3. The maximum absolute atomic E-state index is 10.7. The van der Waals surface area contributed by atoms with E-state index in [0.29, 0.717) is 19.6 Å². The summed E-state index contributed by atoms with van der Waals surface area (Å²) >= 11 is 0. The summed E-state index contributed by atoms with van der Waals surface area (Å²) in [7, 11) is 0. The van der Waals surface area contributed by atoms with Crippen molar-refractivity contribution >= 4 is 5.69 Å². The quantitative estimate of drug-likeness (QED) is 0.675. The van der Waals surface area contributed by atoms with Gasteiger partial charge in [0.1, 0.15) is 13.2 Å². The van der Waals surface area contributed by atoms with E-state index in [0.717, 1.165) is 56.3 Å². The Morgan fingerprint density at radius 1 is 0.967 bits per heavy atom. The molecule has 0 radical (unpaired) electrons. The second-order valence-electron chi connectivity index (χ2n) is 8.03. The second kappa shape index (κ2) is 10.0. The van der Waals surface area contributed by atoms with Crippen LogP contribution in [0, 0.1) is 0 Å². The third-order valence-corrected chi connectivity index (χ3v) is 6.12. The minimum Gasteiger partial charge on any atom is -0.486 e. The SMILES string of the molecule is C=CCC(O)C(CCN1CCN(c2cccc3c2OCCO3)CC1)c1ccccc1. The van der Waals surface area contributed by atoms with E-state index in [9.17, 15) is 5.11 Å². The van der Waals surface area contributed by atoms with Crippen molar-refractivity contribution in [2.45, 2.75) is 24.9 Å². The molecule has 2 aliphatic rings. The highest BCUT2D eigenvalue weighted by Crippen LogP contribution is 2.39. The van der Waals surface area contributed by atoms with Gasteiger partial charge in [0.05, 0.1) is 11.8 Å². The minimum absolute atomic E-state index is 0.133. The zero-order chi connectivity index (χ0) is 20.8. The van der Waals surface area contributed by atoms with Crippen molar-refractivity contribution < 1.29 is 14.6 Å². The van der Waals surface area contributed by atoms with Crippen LogP contribution < -0.4 is 14.4 Å². The fourth-order valence-corrected chi connectivity index (χ4v) is 4.46. The average Bonchev–Trinajstić information content (AvgIpc) is 2.80. The summed E-state index contributed by atoms with van der Waals surface area (Å²) in [6, 6.07) is 16.5. The van der Waals surface area contributed by atoms with Crippen molar-refractivity contribution in [2.24, 2.45) is 0 Å². The Hall–Kier alpha value is -2.50. The van der Waals surface area contributed by atoms with E-state index in [1.807, 2.05) is 36.4 Å². The van der Waals surface area contributed by atoms with Crippen LogP contribution in [0.15, 0.2) is 61.2 Å². The van der Waals surface area contributed by atoms with Crippen molar-refractivity contribution in [2.75, 3.05) is 50.8 Å². The van der Waals surface area contributed by atoms with Crippen LogP contribution in [-0.4, -0.2) is 62.0 Å². The van der Waals surface area contributed by atoms with Gasteiger partial charge in [0.2, 0.25) is 0 Å². The fraction of sp³-hybridized carbons (Fsp3) is 0.440. The number of aliphatic hydroxyl groups is 1. The number of benzene rings is 2. The van der Waals surface area contributed by atoms with E-state index in [1.165, 1.54) is 5.56 Å². The summed E-state index contributed by atoms with van der Waals surface area (Å²) in [5.41, 5.74) is 2.34. The van der Waals surface area contributed by atoms with Crippen molar-refractivity contribution in [1.29, 1.82) is 0 Å². The Morgan fingerprint density at radius 3 is 2.50 bits per heavy atom. The lowest BCUT2D eigenvalue weighted by molar-refractivity contribution is 0.131. The number of hydrogen-bond acceptors (Lipinski definition) is 5. The van der Waals surface area contributed by atoms with Crippen LogP contribution in [0.2, 0.25) is 0 Å². The highest BCUT2D eigenvalue weighted by atomic mass is 16.6. The molecule has 1 saturated heterocycles. The summed E-state index contributed by atoms with van der Waals surface area (Å²) in [5, 5.41) is 10.7. The Balaban J connectivity index is 1.35. The lowest BCUT2D eigenvalue weighted by atomic mass is 9.88. The number of piperazine rings is 1. The fourth-order valence-electron chi connectivity index (χ4n) is 4.46. The number of rotatable bonds is 8. The smallest absolute Gasteiger partial charge is 0.184 e. The number of hydrogen-bond donors (Lipinski definition) is 1. The molecule has 0 aliphatic carbocycles. The third-order valence-electron chi connectivity index (χ3n) is 6.12. The molecule has 30 heavy (non-hydrogen) atoms. The molecule has 2 aromatic rings. The van der Waals surface area contributed by atoms with Crippen molar-refractivity contribution in [3.63, 3.8) is 0 Å². The van der Waals surface area contributed by atoms with Crippen LogP contribution in [0.25, 0.3) is 0 Å². The Kier molecular flexibility index (Phi) is 6.92. The Bertz CT molecular complexity index is 818. The van der Waals surface area contributed by atoms with Gasteiger partial charge in [-0.2, -0.15) is 0 Å². The van der Waals surface area contributed by atoms with Gasteiger partial charge in [0.15, 0.2) is 11.5 Å². The topological polar surface area (TPSA) is 45.2 Å². The maximum atomic E-state index is 10.7. The molecule has 160 valence electrons. The minimum atomic E-state index is -0.390. The molecule has 0 amide bonds. The summed E-state index contributed by atoms with van der Waals surface area (Å²) < 4.78 is 11.6. The van der Waals surface area contributed by atoms with E-state index >= 15 is 0 Å². The van der Waals surface area contributed by atoms with Gasteiger partial charge in [-0.1, -0.05) is 42.5 Å². The lowest BCUT2D eigenvalue weighted by Crippen LogP contribution is -2.47. The van der Waals surface area contributed by atoms with E-state index in [-0.39, 0.29) is 12.0 Å². The number of fused-ring (bicyclic) bond motifs is 1. The monoisotopic (exact) mass is 408 g/mol. The number of nitrogens with zero attached hydrogens (tertiary/aromatic N) is 2. The predicted octanol–water partition coefficient (Wildman–Crippen LogP) is 3.69. The summed E-state index contributed by atoms with van der Waals surface area (Å²) in [6.45, 7) is 9.94. The standard InChI is InChI=1S/C25H32N2O3/c1-2-7-23(28)21(20-8-4-3-5-9-20)12-13-26-14-16-27(17-15-26)22-10-6-11-24-25(22)30-19-18-29-24/h2-6,8-11,21,23,28H,1,7,12-19H2. The average molecular weight is 409 g/mol. The van der Waals surface area contributed by atoms with Gasteiger partial charge in [-0.25, -0.2) is 0 Å². The van der Waals surface area contributed by atoms with Crippen molar-refractivity contribution in [1.82, 2.24) is 4.90 Å². The van der Waals surface area contributed by atoms with Crippen LogP contribution in [0.1, 0.15) is 24.3 Å². The number of ether oxygens (including phenoxy) is 2. The van der Waals surface area contributed by atoms with Gasteiger partial charge in [-0.05, 0) is 37.1 Å². The molecule has 0 bridgehead atoms. The van der Waals surface area contributed by atoms with Gasteiger partial charge in [-0.15, -0.1) is 6.58 Å². The van der Waals surface area contributed by atoms with Gasteiger partial charge < -0.3 is 19.5 Å². The first-order valence-electron chi connectivity index (χ1n) is 11.0. The normalized spacial score (nSPS) is 18.6. The molecule has 2 atom stereocenters. The predicted molar refractivity (Wildman–Crippen MR) is 121 cm³/mol. The zero-order valence-electron chi connectivity index (χ0n) is 17.6. The lowest BCUT2D eigenvalue weighted by Gasteiger charge is -2.38. The van der Waals surface area contributed by atoms with Crippen LogP contribution in [-0.2, 0) is 0 Å². The molecule has 2 aromatic carbocycles. The van der Waals surface area contributed by atoms with Gasteiger partial charge in [0, 0.05) is 32.1 Å². The van der Waals surface area contributed by atoms with Gasteiger partial charge in [0.25, 0.3) is 0 Å². The first-order chi connectivity index (χ1) is 14.8. The molecule has 2 heterocycles. The van der Waals surface area contributed by atoms with E-state index in [1.54, 1.807) is 0 Å². The number of para-hydroxylation sites is 1. The molecule has 5 heteroatoms. The zero-order valence-corrected chi connectivity index (χ0v) is 17.6. The molecule has 0 aromatic heterocycles. The number of aliphatic hydroxyl groups excluding tert-OH is 1. The molecule has 2 aliphatic heterocycles. The summed E-state index contributed by atoms with van der Waals surface area (Å²) in [6.07, 6.45) is 2.98. The van der Waals surface area contributed by atoms with Crippen molar-refractivity contribution in [3.05, 3.63) is 66.7 Å². The Morgan fingerprint density at radius 2 is 1.73 bits per heavy atom. The highest BCUT2D eigenvalue weighted by molar-refractivity contribution is 5.65. The van der Waals surface area contributed by atoms with E-state index in [2.05, 4.69) is 34.6 Å². The third kappa shape index (κ3) is 4.79. The van der Waals surface area contributed by atoms with Crippen LogP contribution in [0.5, 0.6) is 11.5 Å². The second-order valence-corrected chi connectivity index (χ2v) is 8.03. The van der Waals surface area contributed by atoms with E-state index < -0.39 is 0 Å². The first-order valence-corrected chi connectivity index (χ1v) is 11.0. The van der Waals surface area contributed by atoms with Gasteiger partial charge in [-0.3, -0.25) is 4.90 Å². The van der Waals surface area contributed by atoms with Gasteiger partial charge >= 0.3 is 0 Å². The molecular weight excluding hydrogens is 376 g/mol. The summed E-state index contributed by atoms with van der Waals surface area (Å²) in [5.74, 6) is 1.87. The van der Waals surface area contributed by atoms with Crippen LogP contribution >= 0.6 is 0 Å².